The average Bonchev–Trinajstić information content (AvgIpc) is 2.28. The van der Waals surface area contributed by atoms with Crippen LogP contribution < -0.4 is 5.32 Å². The summed E-state index contributed by atoms with van der Waals surface area (Å²) in [6.45, 7) is 8.25. The van der Waals surface area contributed by atoms with Gasteiger partial charge in [0.1, 0.15) is 5.84 Å². The SMILES string of the molecule is CC(=O)O.CC1(/C2=N/CCOCCN2)CCOCC1. The molecule has 0 aromatic rings. The van der Waals surface area contributed by atoms with Crippen LogP contribution in [0.5, 0.6) is 0 Å². The summed E-state index contributed by atoms with van der Waals surface area (Å²) in [6.07, 6.45) is 2.14. The van der Waals surface area contributed by atoms with Crippen LogP contribution in [0.15, 0.2) is 4.99 Å². The Labute approximate surface area is 114 Å². The number of carboxylic acids is 1. The Morgan fingerprint density at radius 2 is 1.84 bits per heavy atom. The van der Waals surface area contributed by atoms with E-state index in [0.717, 1.165) is 65.1 Å². The Morgan fingerprint density at radius 1 is 1.26 bits per heavy atom. The lowest BCUT2D eigenvalue weighted by atomic mass is 9.81. The minimum absolute atomic E-state index is 0.190. The fourth-order valence-electron chi connectivity index (χ4n) is 2.08. The summed E-state index contributed by atoms with van der Waals surface area (Å²) in [6, 6.07) is 0. The lowest BCUT2D eigenvalue weighted by Crippen LogP contribution is -2.44. The summed E-state index contributed by atoms with van der Waals surface area (Å²) in [5.74, 6) is 0.328. The molecule has 2 N–H and O–H groups in total. The zero-order chi connectivity index (χ0) is 14.1. The van der Waals surface area contributed by atoms with E-state index in [1.54, 1.807) is 0 Å². The van der Waals surface area contributed by atoms with Crippen molar-refractivity contribution < 1.29 is 19.4 Å². The number of carbonyl (C=O) groups is 1. The maximum atomic E-state index is 9.00. The smallest absolute Gasteiger partial charge is 0.300 e. The molecule has 2 heterocycles. The van der Waals surface area contributed by atoms with Crippen molar-refractivity contribution in [3.63, 3.8) is 0 Å². The molecule has 0 aliphatic carbocycles. The lowest BCUT2D eigenvalue weighted by molar-refractivity contribution is -0.134. The molecule has 0 atom stereocenters. The summed E-state index contributed by atoms with van der Waals surface area (Å²) in [7, 11) is 0. The first-order chi connectivity index (χ1) is 9.04. The van der Waals surface area contributed by atoms with E-state index in [4.69, 9.17) is 19.4 Å². The zero-order valence-corrected chi connectivity index (χ0v) is 11.8. The molecule has 0 radical (unpaired) electrons. The Balaban J connectivity index is 0.000000399. The van der Waals surface area contributed by atoms with Crippen LogP contribution in [0.1, 0.15) is 26.7 Å². The van der Waals surface area contributed by atoms with Crippen LogP contribution in [0.25, 0.3) is 0 Å². The topological polar surface area (TPSA) is 80.2 Å². The van der Waals surface area contributed by atoms with Crippen LogP contribution in [0, 0.1) is 5.41 Å². The molecule has 0 bridgehead atoms. The average molecular weight is 272 g/mol. The van der Waals surface area contributed by atoms with Gasteiger partial charge in [-0.3, -0.25) is 9.79 Å². The highest BCUT2D eigenvalue weighted by Crippen LogP contribution is 2.30. The summed E-state index contributed by atoms with van der Waals surface area (Å²) in [5, 5.41) is 10.8. The number of hydrogen-bond acceptors (Lipinski definition) is 5. The second-order valence-corrected chi connectivity index (χ2v) is 4.96. The van der Waals surface area contributed by atoms with Crippen molar-refractivity contribution in [1.82, 2.24) is 5.32 Å². The summed E-state index contributed by atoms with van der Waals surface area (Å²) < 4.78 is 10.8. The number of nitrogens with zero attached hydrogens (tertiary/aromatic N) is 1. The summed E-state index contributed by atoms with van der Waals surface area (Å²) >= 11 is 0. The van der Waals surface area contributed by atoms with Crippen LogP contribution in [0.3, 0.4) is 0 Å². The number of hydrogen-bond donors (Lipinski definition) is 2. The molecule has 110 valence electrons. The van der Waals surface area contributed by atoms with E-state index in [-0.39, 0.29) is 5.41 Å². The van der Waals surface area contributed by atoms with Crippen LogP contribution in [0.2, 0.25) is 0 Å². The van der Waals surface area contributed by atoms with Crippen LogP contribution in [0.4, 0.5) is 0 Å². The van der Waals surface area contributed by atoms with E-state index >= 15 is 0 Å². The molecular formula is C13H24N2O4. The molecule has 2 aliphatic heterocycles. The van der Waals surface area contributed by atoms with Crippen LogP contribution in [-0.4, -0.2) is 56.4 Å². The van der Waals surface area contributed by atoms with Gasteiger partial charge in [0.25, 0.3) is 5.97 Å². The van der Waals surface area contributed by atoms with E-state index < -0.39 is 5.97 Å². The quantitative estimate of drug-likeness (QED) is 0.741. The van der Waals surface area contributed by atoms with Gasteiger partial charge in [0.2, 0.25) is 0 Å². The van der Waals surface area contributed by atoms with Crippen molar-refractivity contribution >= 4 is 11.8 Å². The van der Waals surface area contributed by atoms with Gasteiger partial charge in [-0.2, -0.15) is 0 Å². The fraction of sp³-hybridized carbons (Fsp3) is 0.846. The van der Waals surface area contributed by atoms with Crippen molar-refractivity contribution in [1.29, 1.82) is 0 Å². The van der Waals surface area contributed by atoms with E-state index in [1.807, 2.05) is 0 Å². The molecule has 2 rings (SSSR count). The maximum Gasteiger partial charge on any atom is 0.300 e. The molecule has 1 fully saturated rings. The van der Waals surface area contributed by atoms with E-state index in [0.29, 0.717) is 0 Å². The predicted octanol–water partition coefficient (Wildman–Crippen LogP) is 0.912. The number of amidine groups is 1. The molecule has 19 heavy (non-hydrogen) atoms. The van der Waals surface area contributed by atoms with Gasteiger partial charge in [-0.25, -0.2) is 0 Å². The second kappa shape index (κ2) is 8.12. The highest BCUT2D eigenvalue weighted by atomic mass is 16.5. The van der Waals surface area contributed by atoms with Crippen molar-refractivity contribution in [2.24, 2.45) is 10.4 Å². The molecule has 0 aromatic carbocycles. The minimum atomic E-state index is -0.833. The number of aliphatic imine (C=N–C) groups is 1. The molecule has 6 heteroatoms. The van der Waals surface area contributed by atoms with E-state index in [2.05, 4.69) is 17.2 Å². The van der Waals surface area contributed by atoms with E-state index in [9.17, 15) is 0 Å². The van der Waals surface area contributed by atoms with Gasteiger partial charge in [-0.05, 0) is 12.8 Å². The minimum Gasteiger partial charge on any atom is -0.481 e. The molecule has 0 aromatic heterocycles. The van der Waals surface area contributed by atoms with Gasteiger partial charge in [0.15, 0.2) is 0 Å². The largest absolute Gasteiger partial charge is 0.481 e. The van der Waals surface area contributed by atoms with Crippen molar-refractivity contribution in [3.05, 3.63) is 0 Å². The van der Waals surface area contributed by atoms with Gasteiger partial charge in [-0.1, -0.05) is 6.92 Å². The summed E-state index contributed by atoms with van der Waals surface area (Å²) in [5.41, 5.74) is 0.190. The molecule has 6 nitrogen and oxygen atoms in total. The van der Waals surface area contributed by atoms with Gasteiger partial charge in [0.05, 0.1) is 19.8 Å². The van der Waals surface area contributed by atoms with Crippen molar-refractivity contribution in [2.75, 3.05) is 39.5 Å². The van der Waals surface area contributed by atoms with Gasteiger partial charge in [-0.15, -0.1) is 0 Å². The number of rotatable bonds is 1. The number of carboxylic acid groups (broad SMARTS) is 1. The van der Waals surface area contributed by atoms with Crippen LogP contribution in [-0.2, 0) is 14.3 Å². The Hall–Kier alpha value is -1.14. The summed E-state index contributed by atoms with van der Waals surface area (Å²) in [4.78, 5) is 13.6. The Morgan fingerprint density at radius 3 is 2.47 bits per heavy atom. The highest BCUT2D eigenvalue weighted by molar-refractivity contribution is 5.88. The van der Waals surface area contributed by atoms with Crippen molar-refractivity contribution in [2.45, 2.75) is 26.7 Å². The standard InChI is InChI=1S/C11H20N2O2.C2H4O2/c1-11(2-6-14-7-3-11)10-12-4-8-15-9-5-13-10;1-2(3)4/h2-9H2,1H3,(H,12,13);1H3,(H,3,4). The zero-order valence-electron chi connectivity index (χ0n) is 11.8. The molecule has 1 saturated heterocycles. The van der Waals surface area contributed by atoms with E-state index in [1.165, 1.54) is 0 Å². The molecule has 0 amide bonds. The molecular weight excluding hydrogens is 248 g/mol. The second-order valence-electron chi connectivity index (χ2n) is 4.96. The third-order valence-electron chi connectivity index (χ3n) is 3.21. The molecule has 0 unspecified atom stereocenters. The van der Waals surface area contributed by atoms with Crippen molar-refractivity contribution in [3.8, 4) is 0 Å². The molecule has 0 saturated carbocycles. The predicted molar refractivity (Wildman–Crippen MR) is 72.6 cm³/mol. The first kappa shape index (κ1) is 15.9. The Kier molecular flexibility index (Phi) is 6.80. The monoisotopic (exact) mass is 272 g/mol. The van der Waals surface area contributed by atoms with Crippen LogP contribution >= 0.6 is 0 Å². The van der Waals surface area contributed by atoms with Gasteiger partial charge < -0.3 is 19.9 Å². The number of aliphatic carboxylic acids is 1. The lowest BCUT2D eigenvalue weighted by Gasteiger charge is -2.35. The molecule has 0 spiro atoms. The van der Waals surface area contributed by atoms with Gasteiger partial charge in [0, 0.05) is 32.1 Å². The maximum absolute atomic E-state index is 9.00. The first-order valence-electron chi connectivity index (χ1n) is 6.68. The number of ether oxygens (including phenoxy) is 2. The highest BCUT2D eigenvalue weighted by Gasteiger charge is 2.33. The third-order valence-corrected chi connectivity index (χ3v) is 3.21. The Bertz CT molecular complexity index is 308. The third kappa shape index (κ3) is 6.02. The molecule has 2 aliphatic rings. The fourth-order valence-corrected chi connectivity index (χ4v) is 2.08. The normalized spacial score (nSPS) is 25.5. The number of nitrogens with one attached hydrogen (secondary N) is 1. The first-order valence-corrected chi connectivity index (χ1v) is 6.68. The van der Waals surface area contributed by atoms with Gasteiger partial charge >= 0.3 is 0 Å².